The zero-order valence-electron chi connectivity index (χ0n) is 20.6. The van der Waals surface area contributed by atoms with E-state index in [0.29, 0.717) is 42.9 Å². The van der Waals surface area contributed by atoms with Gasteiger partial charge < -0.3 is 9.80 Å². The minimum atomic E-state index is -4.72. The zero-order chi connectivity index (χ0) is 26.2. The third-order valence-corrected chi connectivity index (χ3v) is 6.55. The number of hydrogen-bond acceptors (Lipinski definition) is 4. The smallest absolute Gasteiger partial charge is 0.368 e. The quantitative estimate of drug-likeness (QED) is 0.282. The highest BCUT2D eigenvalue weighted by molar-refractivity contribution is 5.89. The van der Waals surface area contributed by atoms with E-state index in [0.717, 1.165) is 16.8 Å². The van der Waals surface area contributed by atoms with Crippen LogP contribution in [0.4, 0.5) is 29.1 Å². The normalized spacial score (nSPS) is 14.2. The first-order valence-electron chi connectivity index (χ1n) is 12.1. The minimum absolute atomic E-state index is 0.171. The maximum Gasteiger partial charge on any atom is 0.451 e. The maximum atomic E-state index is 14.0. The van der Waals surface area contributed by atoms with E-state index in [9.17, 15) is 17.6 Å². The van der Waals surface area contributed by atoms with Crippen molar-refractivity contribution in [1.29, 1.82) is 0 Å². The lowest BCUT2D eigenvalue weighted by Crippen LogP contribution is -2.47. The molecule has 1 fully saturated rings. The number of benzene rings is 3. The van der Waals surface area contributed by atoms with Gasteiger partial charge in [0.1, 0.15) is 11.6 Å². The fourth-order valence-corrected chi connectivity index (χ4v) is 4.61. The van der Waals surface area contributed by atoms with Crippen LogP contribution in [0.15, 0.2) is 72.8 Å². The summed E-state index contributed by atoms with van der Waals surface area (Å²) in [5.41, 5.74) is 4.93. The molecule has 0 N–H and O–H groups in total. The molecule has 0 spiro atoms. The SMILES string of the molecule is Cc1ccc(-c2nc(C(F)(F)F)nc(N3CCN(c4cccc(C)c4)CC3)c2-c2ccc(F)cc2)cc1. The van der Waals surface area contributed by atoms with Crippen molar-refractivity contribution in [3.63, 3.8) is 0 Å². The predicted molar refractivity (Wildman–Crippen MR) is 138 cm³/mol. The van der Waals surface area contributed by atoms with E-state index in [4.69, 9.17) is 0 Å². The Morgan fingerprint density at radius 3 is 1.95 bits per heavy atom. The van der Waals surface area contributed by atoms with Crippen molar-refractivity contribution in [1.82, 2.24) is 9.97 Å². The zero-order valence-corrected chi connectivity index (χ0v) is 20.6. The lowest BCUT2D eigenvalue weighted by Gasteiger charge is -2.38. The first kappa shape index (κ1) is 24.7. The molecule has 0 radical (unpaired) electrons. The number of rotatable bonds is 4. The summed E-state index contributed by atoms with van der Waals surface area (Å²) >= 11 is 0. The van der Waals surface area contributed by atoms with Crippen LogP contribution >= 0.6 is 0 Å². The summed E-state index contributed by atoms with van der Waals surface area (Å²) in [5, 5.41) is 0. The summed E-state index contributed by atoms with van der Waals surface area (Å²) in [6.45, 7) is 6.13. The number of alkyl halides is 3. The van der Waals surface area contributed by atoms with Crippen LogP contribution in [0.1, 0.15) is 17.0 Å². The van der Waals surface area contributed by atoms with E-state index in [-0.39, 0.29) is 11.5 Å². The molecule has 4 nitrogen and oxygen atoms in total. The van der Waals surface area contributed by atoms with Gasteiger partial charge in [-0.3, -0.25) is 0 Å². The van der Waals surface area contributed by atoms with Crippen molar-refractivity contribution in [2.24, 2.45) is 0 Å². The second kappa shape index (κ2) is 9.84. The van der Waals surface area contributed by atoms with Crippen molar-refractivity contribution >= 4 is 11.5 Å². The molecule has 37 heavy (non-hydrogen) atoms. The number of aromatic nitrogens is 2. The molecule has 0 amide bonds. The number of anilines is 2. The highest BCUT2D eigenvalue weighted by atomic mass is 19.4. The molecule has 1 aliphatic rings. The van der Waals surface area contributed by atoms with Crippen molar-refractivity contribution in [2.75, 3.05) is 36.0 Å². The standard InChI is InChI=1S/C29H26F4N4/c1-19-6-8-22(9-7-19)26-25(21-10-12-23(30)13-11-21)27(35-28(34-26)29(31,32)33)37-16-14-36(15-17-37)24-5-3-4-20(2)18-24/h3-13,18H,14-17H2,1-2H3. The Morgan fingerprint density at radius 1 is 0.703 bits per heavy atom. The van der Waals surface area contributed by atoms with Crippen molar-refractivity contribution < 1.29 is 17.6 Å². The minimum Gasteiger partial charge on any atom is -0.368 e. The Hall–Kier alpha value is -3.94. The van der Waals surface area contributed by atoms with Gasteiger partial charge in [-0.1, -0.05) is 54.1 Å². The second-order valence-corrected chi connectivity index (χ2v) is 9.28. The van der Waals surface area contributed by atoms with Crippen molar-refractivity contribution in [3.8, 4) is 22.4 Å². The van der Waals surface area contributed by atoms with Gasteiger partial charge in [0.05, 0.1) is 11.3 Å². The summed E-state index contributed by atoms with van der Waals surface area (Å²) in [5.74, 6) is -1.42. The molecule has 0 unspecified atom stereocenters. The number of piperazine rings is 1. The Balaban J connectivity index is 1.63. The number of nitrogens with zero attached hydrogens (tertiary/aromatic N) is 4. The summed E-state index contributed by atoms with van der Waals surface area (Å²) in [6.07, 6.45) is -4.72. The Morgan fingerprint density at radius 2 is 1.32 bits per heavy atom. The van der Waals surface area contributed by atoms with E-state index >= 15 is 0 Å². The third-order valence-electron chi connectivity index (χ3n) is 6.55. The maximum absolute atomic E-state index is 14.0. The third kappa shape index (κ3) is 5.28. The lowest BCUT2D eigenvalue weighted by atomic mass is 9.98. The van der Waals surface area contributed by atoms with Gasteiger partial charge in [-0.15, -0.1) is 0 Å². The van der Waals surface area contributed by atoms with Crippen LogP contribution in [0.5, 0.6) is 0 Å². The van der Waals surface area contributed by atoms with Crippen LogP contribution in [0.2, 0.25) is 0 Å². The number of halogens is 4. The van der Waals surface area contributed by atoms with Gasteiger partial charge in [0, 0.05) is 37.4 Å². The first-order valence-corrected chi connectivity index (χ1v) is 12.1. The summed E-state index contributed by atoms with van der Waals surface area (Å²) in [4.78, 5) is 12.2. The van der Waals surface area contributed by atoms with E-state index in [1.165, 1.54) is 12.1 Å². The van der Waals surface area contributed by atoms with Gasteiger partial charge in [-0.2, -0.15) is 13.2 Å². The average molecular weight is 507 g/mol. The van der Waals surface area contributed by atoms with E-state index < -0.39 is 17.8 Å². The monoisotopic (exact) mass is 506 g/mol. The van der Waals surface area contributed by atoms with Gasteiger partial charge in [0.25, 0.3) is 0 Å². The van der Waals surface area contributed by atoms with E-state index in [1.54, 1.807) is 24.3 Å². The topological polar surface area (TPSA) is 32.3 Å². The molecular formula is C29H26F4N4. The van der Waals surface area contributed by atoms with Crippen LogP contribution in [0, 0.1) is 19.7 Å². The molecule has 3 aromatic carbocycles. The molecule has 1 saturated heterocycles. The lowest BCUT2D eigenvalue weighted by molar-refractivity contribution is -0.144. The summed E-state index contributed by atoms with van der Waals surface area (Å²) in [6, 6.07) is 21.1. The Kier molecular flexibility index (Phi) is 6.58. The molecule has 8 heteroatoms. The summed E-state index contributed by atoms with van der Waals surface area (Å²) < 4.78 is 55.8. The van der Waals surface area contributed by atoms with Crippen molar-refractivity contribution in [2.45, 2.75) is 20.0 Å². The predicted octanol–water partition coefficient (Wildman–Crippen LogP) is 6.91. The molecule has 4 aromatic rings. The van der Waals surface area contributed by atoms with Crippen LogP contribution < -0.4 is 9.80 Å². The molecule has 2 heterocycles. The van der Waals surface area contributed by atoms with Crippen LogP contribution in [0.25, 0.3) is 22.4 Å². The van der Waals surface area contributed by atoms with Gasteiger partial charge in [-0.05, 0) is 49.2 Å². The van der Waals surface area contributed by atoms with E-state index in [2.05, 4.69) is 20.9 Å². The average Bonchev–Trinajstić information content (AvgIpc) is 2.88. The Bertz CT molecular complexity index is 1390. The molecular weight excluding hydrogens is 480 g/mol. The molecule has 5 rings (SSSR count). The van der Waals surface area contributed by atoms with E-state index in [1.807, 2.05) is 49.1 Å². The van der Waals surface area contributed by atoms with Gasteiger partial charge in [0.15, 0.2) is 0 Å². The highest BCUT2D eigenvalue weighted by Crippen LogP contribution is 2.41. The van der Waals surface area contributed by atoms with Gasteiger partial charge >= 0.3 is 6.18 Å². The molecule has 1 aromatic heterocycles. The number of aryl methyl sites for hydroxylation is 2. The second-order valence-electron chi connectivity index (χ2n) is 9.28. The molecule has 0 saturated carbocycles. The summed E-state index contributed by atoms with van der Waals surface area (Å²) in [7, 11) is 0. The van der Waals surface area contributed by atoms with Crippen LogP contribution in [-0.4, -0.2) is 36.1 Å². The molecule has 0 atom stereocenters. The Labute approximate surface area is 213 Å². The highest BCUT2D eigenvalue weighted by Gasteiger charge is 2.38. The molecule has 1 aliphatic heterocycles. The molecule has 190 valence electrons. The van der Waals surface area contributed by atoms with Gasteiger partial charge in [-0.25, -0.2) is 14.4 Å². The molecule has 0 bridgehead atoms. The fourth-order valence-electron chi connectivity index (χ4n) is 4.61. The largest absolute Gasteiger partial charge is 0.451 e. The number of hydrogen-bond donors (Lipinski definition) is 0. The van der Waals surface area contributed by atoms with Crippen LogP contribution in [-0.2, 0) is 6.18 Å². The van der Waals surface area contributed by atoms with Gasteiger partial charge in [0.2, 0.25) is 5.82 Å². The fraction of sp³-hybridized carbons (Fsp3) is 0.241. The van der Waals surface area contributed by atoms with Crippen molar-refractivity contribution in [3.05, 3.63) is 95.6 Å². The molecule has 0 aliphatic carbocycles. The first-order chi connectivity index (χ1) is 17.7. The van der Waals surface area contributed by atoms with Crippen LogP contribution in [0.3, 0.4) is 0 Å².